The van der Waals surface area contributed by atoms with E-state index in [1.165, 1.54) is 0 Å². The fourth-order valence-electron chi connectivity index (χ4n) is 4.28. The van der Waals surface area contributed by atoms with Crippen molar-refractivity contribution in [3.8, 4) is 5.75 Å². The van der Waals surface area contributed by atoms with Crippen LogP contribution >= 0.6 is 0 Å². The number of amides is 1. The Bertz CT molecular complexity index is 1050. The lowest BCUT2D eigenvalue weighted by Crippen LogP contribution is -2.47. The lowest BCUT2D eigenvalue weighted by molar-refractivity contribution is 0.0666. The summed E-state index contributed by atoms with van der Waals surface area (Å²) in [7, 11) is 2.08. The number of piperazine rings is 1. The van der Waals surface area contributed by atoms with Crippen LogP contribution in [0, 0.1) is 0 Å². The van der Waals surface area contributed by atoms with Crippen LogP contribution in [-0.2, 0) is 6.42 Å². The van der Waals surface area contributed by atoms with Crippen molar-refractivity contribution in [2.45, 2.75) is 25.5 Å². The lowest BCUT2D eigenvalue weighted by atomic mass is 10.0. The Morgan fingerprint density at radius 2 is 1.84 bits per heavy atom. The number of carbonyl (C=O) groups excluding carboxylic acids is 1. The number of rotatable bonds is 7. The van der Waals surface area contributed by atoms with Crippen LogP contribution < -0.4 is 5.32 Å². The number of hydrogen-bond acceptors (Lipinski definition) is 5. The molecule has 3 aromatic rings. The number of aromatic hydroxyl groups is 1. The zero-order chi connectivity index (χ0) is 22.7. The van der Waals surface area contributed by atoms with Gasteiger partial charge in [-0.05, 0) is 56.3 Å². The predicted molar refractivity (Wildman–Crippen MR) is 126 cm³/mol. The number of likely N-dealkylation sites (N-methyl/N-ethyl adjacent to an activating group) is 1. The molecule has 7 nitrogen and oxygen atoms in total. The fraction of sp³-hybridized carbons (Fsp3) is 0.400. The van der Waals surface area contributed by atoms with Gasteiger partial charge in [0.15, 0.2) is 0 Å². The Morgan fingerprint density at radius 1 is 1.12 bits per heavy atom. The highest BCUT2D eigenvalue weighted by Gasteiger charge is 2.23. The Labute approximate surface area is 188 Å². The molecule has 0 bridgehead atoms. The number of H-pyrrole nitrogens is 1. The van der Waals surface area contributed by atoms with Crippen molar-refractivity contribution in [3.63, 3.8) is 0 Å². The molecule has 2 aromatic carbocycles. The molecule has 2 heterocycles. The second-order valence-electron chi connectivity index (χ2n) is 8.67. The zero-order valence-electron chi connectivity index (χ0n) is 18.7. The maximum Gasteiger partial charge on any atom is 0.256 e. The van der Waals surface area contributed by atoms with Crippen LogP contribution in [-0.4, -0.2) is 76.7 Å². The van der Waals surface area contributed by atoms with Gasteiger partial charge in [-0.3, -0.25) is 4.79 Å². The number of carbonyl (C=O) groups is 1. The van der Waals surface area contributed by atoms with E-state index < -0.39 is 6.10 Å². The molecule has 1 aliphatic heterocycles. The fourth-order valence-corrected chi connectivity index (χ4v) is 4.28. The normalized spacial score (nSPS) is 16.9. The number of aliphatic hydroxyl groups is 1. The minimum atomic E-state index is -0.661. The highest BCUT2D eigenvalue weighted by atomic mass is 16.3. The van der Waals surface area contributed by atoms with Crippen LogP contribution in [0.25, 0.3) is 10.9 Å². The minimum Gasteiger partial charge on any atom is -0.508 e. The summed E-state index contributed by atoms with van der Waals surface area (Å²) in [5.41, 5.74) is 3.53. The number of fused-ring (bicyclic) bond motifs is 1. The Hall–Kier alpha value is -2.87. The molecule has 2 atom stereocenters. The third-order valence-corrected chi connectivity index (χ3v) is 6.39. The van der Waals surface area contributed by atoms with Crippen molar-refractivity contribution >= 4 is 16.8 Å². The van der Waals surface area contributed by atoms with Crippen LogP contribution in [0.4, 0.5) is 0 Å². The summed E-state index contributed by atoms with van der Waals surface area (Å²) in [4.78, 5) is 20.6. The van der Waals surface area contributed by atoms with E-state index in [9.17, 15) is 15.0 Å². The van der Waals surface area contributed by atoms with E-state index in [0.29, 0.717) is 6.54 Å². The Morgan fingerprint density at radius 3 is 2.56 bits per heavy atom. The molecular weight excluding hydrogens is 404 g/mol. The van der Waals surface area contributed by atoms with Gasteiger partial charge in [0, 0.05) is 43.8 Å². The van der Waals surface area contributed by atoms with Gasteiger partial charge >= 0.3 is 0 Å². The molecule has 0 radical (unpaired) electrons. The van der Waals surface area contributed by atoms with Crippen LogP contribution in [0.3, 0.4) is 0 Å². The van der Waals surface area contributed by atoms with Crippen molar-refractivity contribution in [2.24, 2.45) is 0 Å². The average Bonchev–Trinajstić information content (AvgIpc) is 3.22. The van der Waals surface area contributed by atoms with Crippen LogP contribution in [0.2, 0.25) is 0 Å². The van der Waals surface area contributed by atoms with Gasteiger partial charge in [0.05, 0.1) is 17.2 Å². The summed E-state index contributed by atoms with van der Waals surface area (Å²) in [6.07, 6.45) is 2.10. The molecule has 7 heteroatoms. The molecule has 0 unspecified atom stereocenters. The van der Waals surface area contributed by atoms with Gasteiger partial charge in [-0.15, -0.1) is 0 Å². The maximum atomic E-state index is 13.1. The number of phenols is 1. The molecule has 1 amide bonds. The summed E-state index contributed by atoms with van der Waals surface area (Å²) in [6.45, 7) is 5.95. The van der Waals surface area contributed by atoms with Crippen LogP contribution in [0.1, 0.15) is 34.5 Å². The number of aromatic amines is 1. The first-order chi connectivity index (χ1) is 15.4. The third kappa shape index (κ3) is 4.80. The van der Waals surface area contributed by atoms with Crippen molar-refractivity contribution < 1.29 is 15.0 Å². The second kappa shape index (κ2) is 9.73. The summed E-state index contributed by atoms with van der Waals surface area (Å²) in [5, 5.41) is 24.4. The largest absolute Gasteiger partial charge is 0.508 e. The smallest absolute Gasteiger partial charge is 0.256 e. The molecule has 170 valence electrons. The van der Waals surface area contributed by atoms with Gasteiger partial charge in [-0.1, -0.05) is 24.3 Å². The van der Waals surface area contributed by atoms with Gasteiger partial charge in [0.25, 0.3) is 5.91 Å². The standard InChI is InChI=1S/C25H32N4O3/c1-17(24(31)18-6-8-20(30)9-7-18)26-11-10-19-16-27-23-21(19)4-3-5-22(23)25(32)29-14-12-28(2)13-15-29/h3-9,16-17,24,26-27,30-31H,10-15H2,1-2H3/t17-,24+/m0/s1. The quantitative estimate of drug-likeness (QED) is 0.457. The average molecular weight is 437 g/mol. The van der Waals surface area contributed by atoms with E-state index in [-0.39, 0.29) is 17.7 Å². The first-order valence-corrected chi connectivity index (χ1v) is 11.2. The van der Waals surface area contributed by atoms with Gasteiger partial charge in [-0.25, -0.2) is 0 Å². The molecule has 4 rings (SSSR count). The topological polar surface area (TPSA) is 91.8 Å². The lowest BCUT2D eigenvalue weighted by Gasteiger charge is -2.32. The number of phenolic OH excluding ortho intramolecular Hbond substituents is 1. The number of nitrogens with zero attached hydrogens (tertiary/aromatic N) is 2. The maximum absolute atomic E-state index is 13.1. The van der Waals surface area contributed by atoms with E-state index in [1.54, 1.807) is 24.3 Å². The molecule has 1 aromatic heterocycles. The van der Waals surface area contributed by atoms with E-state index >= 15 is 0 Å². The zero-order valence-corrected chi connectivity index (χ0v) is 18.7. The van der Waals surface area contributed by atoms with Crippen molar-refractivity contribution in [1.82, 2.24) is 20.1 Å². The monoisotopic (exact) mass is 436 g/mol. The molecule has 4 N–H and O–H groups in total. The van der Waals surface area contributed by atoms with Gasteiger partial charge in [-0.2, -0.15) is 0 Å². The van der Waals surface area contributed by atoms with E-state index in [0.717, 1.165) is 60.2 Å². The van der Waals surface area contributed by atoms with Gasteiger partial charge < -0.3 is 30.3 Å². The molecular formula is C25H32N4O3. The summed E-state index contributed by atoms with van der Waals surface area (Å²) < 4.78 is 0. The Balaban J connectivity index is 1.39. The number of aromatic nitrogens is 1. The molecule has 0 aliphatic carbocycles. The number of para-hydroxylation sites is 1. The highest BCUT2D eigenvalue weighted by Crippen LogP contribution is 2.24. The second-order valence-corrected chi connectivity index (χ2v) is 8.67. The number of benzene rings is 2. The van der Waals surface area contributed by atoms with Crippen LogP contribution in [0.5, 0.6) is 5.75 Å². The molecule has 1 saturated heterocycles. The van der Waals surface area contributed by atoms with Gasteiger partial charge in [0.2, 0.25) is 0 Å². The van der Waals surface area contributed by atoms with Crippen LogP contribution in [0.15, 0.2) is 48.7 Å². The van der Waals surface area contributed by atoms with Gasteiger partial charge in [0.1, 0.15) is 5.75 Å². The SMILES string of the molecule is C[C@H](NCCc1c[nH]c2c(C(=O)N3CCN(C)CC3)cccc12)[C@@H](O)c1ccc(O)cc1. The first kappa shape index (κ1) is 22.3. The predicted octanol–water partition coefficient (Wildman–Crippen LogP) is 2.52. The molecule has 1 aliphatic rings. The molecule has 0 saturated carbocycles. The number of nitrogens with one attached hydrogen (secondary N) is 2. The Kier molecular flexibility index (Phi) is 6.79. The van der Waals surface area contributed by atoms with E-state index in [2.05, 4.69) is 28.3 Å². The van der Waals surface area contributed by atoms with E-state index in [1.807, 2.05) is 30.2 Å². The first-order valence-electron chi connectivity index (χ1n) is 11.2. The summed E-state index contributed by atoms with van der Waals surface area (Å²) in [5.74, 6) is 0.271. The molecule has 32 heavy (non-hydrogen) atoms. The number of aliphatic hydroxyl groups excluding tert-OH is 1. The highest BCUT2D eigenvalue weighted by molar-refractivity contribution is 6.06. The molecule has 1 fully saturated rings. The van der Waals surface area contributed by atoms with Crippen molar-refractivity contribution in [3.05, 3.63) is 65.4 Å². The van der Waals surface area contributed by atoms with Crippen molar-refractivity contribution in [2.75, 3.05) is 39.8 Å². The minimum absolute atomic E-state index is 0.0841. The van der Waals surface area contributed by atoms with E-state index in [4.69, 9.17) is 0 Å². The summed E-state index contributed by atoms with van der Waals surface area (Å²) >= 11 is 0. The molecule has 0 spiro atoms. The van der Waals surface area contributed by atoms with Crippen molar-refractivity contribution in [1.29, 1.82) is 0 Å². The third-order valence-electron chi connectivity index (χ3n) is 6.39. The summed E-state index contributed by atoms with van der Waals surface area (Å²) in [6, 6.07) is 12.4. The number of hydrogen-bond donors (Lipinski definition) is 4.